The maximum Gasteiger partial charge on any atom is 0.219 e. The van der Waals surface area contributed by atoms with Gasteiger partial charge in [0, 0.05) is 5.69 Å². The zero-order valence-corrected chi connectivity index (χ0v) is 7.94. The summed E-state index contributed by atoms with van der Waals surface area (Å²) in [5.41, 5.74) is 2.59. The molecular formula is C8H7BrN2. The maximum atomic E-state index is 6.81. The highest BCUT2D eigenvalue weighted by Gasteiger charge is 2.02. The van der Waals surface area contributed by atoms with Crippen molar-refractivity contribution in [1.82, 2.24) is 4.98 Å². The van der Waals surface area contributed by atoms with E-state index in [0.717, 1.165) is 11.3 Å². The van der Waals surface area contributed by atoms with Crippen LogP contribution >= 0.6 is 15.9 Å². The number of aryl methyl sites for hydroxylation is 2. The lowest BCUT2D eigenvalue weighted by Gasteiger charge is -2.00. The Labute approximate surface area is 74.2 Å². The topological polar surface area (TPSA) is 17.2 Å². The first-order chi connectivity index (χ1) is 5.15. The average molecular weight is 211 g/mol. The first-order valence-electron chi connectivity index (χ1n) is 3.16. The Morgan fingerprint density at radius 2 is 2.18 bits per heavy atom. The predicted molar refractivity (Wildman–Crippen MR) is 47.7 cm³/mol. The number of rotatable bonds is 0. The molecule has 3 heteroatoms. The van der Waals surface area contributed by atoms with E-state index in [1.165, 1.54) is 0 Å². The molecule has 2 nitrogen and oxygen atoms in total. The highest BCUT2D eigenvalue weighted by molar-refractivity contribution is 9.10. The van der Waals surface area contributed by atoms with Gasteiger partial charge in [-0.2, -0.15) is 0 Å². The number of hydrogen-bond donors (Lipinski definition) is 0. The standard InChI is InChI=1S/C8H7BrN2/c1-5-4-7(10-3)8(9)11-6(5)2/h4H,1-2H3. The van der Waals surface area contributed by atoms with Crippen LogP contribution < -0.4 is 0 Å². The van der Waals surface area contributed by atoms with Crippen molar-refractivity contribution in [3.63, 3.8) is 0 Å². The molecule has 0 fully saturated rings. The third-order valence-corrected chi connectivity index (χ3v) is 2.11. The predicted octanol–water partition coefficient (Wildman–Crippen LogP) is 3.01. The number of nitrogens with zero attached hydrogens (tertiary/aromatic N) is 2. The van der Waals surface area contributed by atoms with Crippen molar-refractivity contribution in [2.24, 2.45) is 0 Å². The molecule has 1 heterocycles. The van der Waals surface area contributed by atoms with Gasteiger partial charge in [0.25, 0.3) is 0 Å². The minimum absolute atomic E-state index is 0.577. The molecule has 0 aromatic carbocycles. The summed E-state index contributed by atoms with van der Waals surface area (Å²) in [5, 5.41) is 0. The lowest BCUT2D eigenvalue weighted by Crippen LogP contribution is -1.86. The zero-order valence-electron chi connectivity index (χ0n) is 6.35. The summed E-state index contributed by atoms with van der Waals surface area (Å²) in [4.78, 5) is 7.46. The maximum absolute atomic E-state index is 6.81. The van der Waals surface area contributed by atoms with E-state index >= 15 is 0 Å². The zero-order chi connectivity index (χ0) is 8.43. The molecule has 0 unspecified atom stereocenters. The fourth-order valence-corrected chi connectivity index (χ4v) is 1.21. The van der Waals surface area contributed by atoms with E-state index in [2.05, 4.69) is 25.8 Å². The van der Waals surface area contributed by atoms with E-state index in [1.54, 1.807) is 0 Å². The van der Waals surface area contributed by atoms with Gasteiger partial charge in [-0.1, -0.05) is 0 Å². The molecule has 56 valence electrons. The molecule has 0 bridgehead atoms. The molecule has 0 aliphatic carbocycles. The van der Waals surface area contributed by atoms with Crippen LogP contribution in [0.4, 0.5) is 5.69 Å². The largest absolute Gasteiger partial charge is 0.258 e. The molecule has 0 aliphatic heterocycles. The van der Waals surface area contributed by atoms with Gasteiger partial charge < -0.3 is 0 Å². The molecule has 0 saturated heterocycles. The van der Waals surface area contributed by atoms with E-state index in [4.69, 9.17) is 6.57 Å². The van der Waals surface area contributed by atoms with Crippen LogP contribution in [-0.4, -0.2) is 4.98 Å². The van der Waals surface area contributed by atoms with Crippen LogP contribution in [-0.2, 0) is 0 Å². The molecule has 0 N–H and O–H groups in total. The monoisotopic (exact) mass is 210 g/mol. The molecule has 0 amide bonds. The molecule has 0 atom stereocenters. The third-order valence-electron chi connectivity index (χ3n) is 1.52. The summed E-state index contributed by atoms with van der Waals surface area (Å²) in [6.07, 6.45) is 0. The molecule has 1 aromatic rings. The molecule has 1 aromatic heterocycles. The van der Waals surface area contributed by atoms with Crippen molar-refractivity contribution >= 4 is 21.6 Å². The second kappa shape index (κ2) is 3.02. The molecular weight excluding hydrogens is 204 g/mol. The molecule has 0 aliphatic rings. The molecule has 11 heavy (non-hydrogen) atoms. The van der Waals surface area contributed by atoms with E-state index < -0.39 is 0 Å². The number of pyridine rings is 1. The number of hydrogen-bond acceptors (Lipinski definition) is 1. The van der Waals surface area contributed by atoms with Gasteiger partial charge in [-0.3, -0.25) is 4.98 Å². The Morgan fingerprint density at radius 3 is 2.73 bits per heavy atom. The van der Waals surface area contributed by atoms with Crippen LogP contribution in [0.3, 0.4) is 0 Å². The fourth-order valence-electron chi connectivity index (χ4n) is 0.740. The van der Waals surface area contributed by atoms with Gasteiger partial charge in [-0.25, -0.2) is 4.85 Å². The van der Waals surface area contributed by atoms with E-state index in [-0.39, 0.29) is 0 Å². The second-order valence-corrected chi connectivity index (χ2v) is 3.06. The molecule has 0 radical (unpaired) electrons. The van der Waals surface area contributed by atoms with Gasteiger partial charge >= 0.3 is 0 Å². The van der Waals surface area contributed by atoms with Crippen LogP contribution in [0.2, 0.25) is 0 Å². The summed E-state index contributed by atoms with van der Waals surface area (Å²) in [5.74, 6) is 0. The SMILES string of the molecule is [C-]#[N+]c1cc(C)c(C)nc1Br. The van der Waals surface area contributed by atoms with Crippen LogP contribution in [0, 0.1) is 20.4 Å². The van der Waals surface area contributed by atoms with Crippen molar-refractivity contribution in [3.05, 3.63) is 33.3 Å². The van der Waals surface area contributed by atoms with Gasteiger partial charge in [0.2, 0.25) is 5.69 Å². The molecule has 1 rings (SSSR count). The number of halogens is 1. The Kier molecular flexibility index (Phi) is 2.25. The lowest BCUT2D eigenvalue weighted by molar-refractivity contribution is 1.13. The van der Waals surface area contributed by atoms with Crippen LogP contribution in [0.5, 0.6) is 0 Å². The first-order valence-corrected chi connectivity index (χ1v) is 3.95. The van der Waals surface area contributed by atoms with Crippen molar-refractivity contribution < 1.29 is 0 Å². The highest BCUT2D eigenvalue weighted by Crippen LogP contribution is 2.24. The van der Waals surface area contributed by atoms with Crippen LogP contribution in [0.1, 0.15) is 11.3 Å². The summed E-state index contributed by atoms with van der Waals surface area (Å²) < 4.78 is 0.635. The van der Waals surface area contributed by atoms with Crippen molar-refractivity contribution in [2.45, 2.75) is 13.8 Å². The Balaban J connectivity index is 3.35. The van der Waals surface area contributed by atoms with E-state index in [1.807, 2.05) is 19.9 Å². The van der Waals surface area contributed by atoms with Crippen LogP contribution in [0.15, 0.2) is 10.7 Å². The van der Waals surface area contributed by atoms with Gasteiger partial charge in [-0.05, 0) is 41.4 Å². The summed E-state index contributed by atoms with van der Waals surface area (Å²) >= 11 is 3.22. The minimum Gasteiger partial charge on any atom is -0.258 e. The molecule has 0 saturated carbocycles. The summed E-state index contributed by atoms with van der Waals surface area (Å²) in [6, 6.07) is 1.83. The minimum atomic E-state index is 0.577. The normalized spacial score (nSPS) is 9.27. The smallest absolute Gasteiger partial charge is 0.219 e. The van der Waals surface area contributed by atoms with Gasteiger partial charge in [-0.15, -0.1) is 0 Å². The average Bonchev–Trinajstić information content (AvgIpc) is 1.97. The van der Waals surface area contributed by atoms with Gasteiger partial charge in [0.05, 0.1) is 6.57 Å². The Morgan fingerprint density at radius 1 is 1.55 bits per heavy atom. The van der Waals surface area contributed by atoms with Gasteiger partial charge in [0.15, 0.2) is 0 Å². The fraction of sp³-hybridized carbons (Fsp3) is 0.250. The van der Waals surface area contributed by atoms with Crippen molar-refractivity contribution in [3.8, 4) is 0 Å². The third kappa shape index (κ3) is 1.58. The van der Waals surface area contributed by atoms with E-state index in [0.29, 0.717) is 10.3 Å². The van der Waals surface area contributed by atoms with Crippen molar-refractivity contribution in [1.29, 1.82) is 0 Å². The Bertz CT molecular complexity index is 326. The van der Waals surface area contributed by atoms with Crippen LogP contribution in [0.25, 0.3) is 4.85 Å². The van der Waals surface area contributed by atoms with E-state index in [9.17, 15) is 0 Å². The second-order valence-electron chi connectivity index (χ2n) is 2.31. The van der Waals surface area contributed by atoms with Gasteiger partial charge in [0.1, 0.15) is 4.60 Å². The summed E-state index contributed by atoms with van der Waals surface area (Å²) in [7, 11) is 0. The highest BCUT2D eigenvalue weighted by atomic mass is 79.9. The number of aromatic nitrogens is 1. The molecule has 0 spiro atoms. The first kappa shape index (κ1) is 8.22. The Hall–Kier alpha value is -0.880. The quantitative estimate of drug-likeness (QED) is 0.476. The summed E-state index contributed by atoms with van der Waals surface area (Å²) in [6.45, 7) is 10.7. The lowest BCUT2D eigenvalue weighted by atomic mass is 10.2. The van der Waals surface area contributed by atoms with Crippen molar-refractivity contribution in [2.75, 3.05) is 0 Å².